The molecular weight excluding hydrogens is 404 g/mol. The highest BCUT2D eigenvalue weighted by Gasteiger charge is 2.22. The zero-order valence-electron chi connectivity index (χ0n) is 22.7. The number of hydrogen-bond donors (Lipinski definition) is 2. The molecule has 0 aliphatic carbocycles. The van der Waals surface area contributed by atoms with Crippen LogP contribution in [0.4, 0.5) is 0 Å². The van der Waals surface area contributed by atoms with E-state index in [4.69, 9.17) is 10.2 Å². The summed E-state index contributed by atoms with van der Waals surface area (Å²) in [6.45, 7) is 29.3. The minimum absolute atomic E-state index is 0.558. The van der Waals surface area contributed by atoms with E-state index in [0.29, 0.717) is 12.2 Å². The van der Waals surface area contributed by atoms with E-state index < -0.39 is 11.9 Å². The van der Waals surface area contributed by atoms with Gasteiger partial charge in [0.15, 0.2) is 0 Å². The van der Waals surface area contributed by atoms with Crippen LogP contribution in [0.25, 0.3) is 0 Å². The first-order valence-corrected chi connectivity index (χ1v) is 13.0. The molecule has 0 aromatic heterocycles. The van der Waals surface area contributed by atoms with Gasteiger partial charge in [-0.3, -0.25) is 0 Å². The van der Waals surface area contributed by atoms with E-state index in [-0.39, 0.29) is 0 Å². The van der Waals surface area contributed by atoms with Gasteiger partial charge in [-0.1, -0.05) is 41.5 Å². The third kappa shape index (κ3) is 19.3. The molecule has 0 heterocycles. The van der Waals surface area contributed by atoms with Gasteiger partial charge in [0.1, 0.15) is 0 Å². The Morgan fingerprint density at radius 1 is 0.500 bits per heavy atom. The first kappa shape index (κ1) is 35.2. The molecule has 0 saturated carbocycles. The zero-order chi connectivity index (χ0) is 25.5. The van der Waals surface area contributed by atoms with Gasteiger partial charge in [-0.05, 0) is 52.4 Å². The Morgan fingerprint density at radius 3 is 0.781 bits per heavy atom. The van der Waals surface area contributed by atoms with E-state index in [0.717, 1.165) is 0 Å². The lowest BCUT2D eigenvalue weighted by Gasteiger charge is -2.37. The van der Waals surface area contributed by atoms with Crippen LogP contribution >= 0.6 is 0 Å². The average Bonchev–Trinajstić information content (AvgIpc) is 2.74. The Bertz CT molecular complexity index is 402. The van der Waals surface area contributed by atoms with Crippen molar-refractivity contribution < 1.29 is 28.8 Å². The fraction of sp³-hybridized carbons (Fsp3) is 0.846. The van der Waals surface area contributed by atoms with Crippen LogP contribution in [-0.2, 0) is 9.59 Å². The quantitative estimate of drug-likeness (QED) is 0.225. The highest BCUT2D eigenvalue weighted by atomic mass is 16.4. The number of carbonyl (C=O) groups is 2. The van der Waals surface area contributed by atoms with Crippen molar-refractivity contribution in [3.05, 3.63) is 12.2 Å². The van der Waals surface area contributed by atoms with Gasteiger partial charge in [0.2, 0.25) is 0 Å². The van der Waals surface area contributed by atoms with Crippen molar-refractivity contribution in [2.24, 2.45) is 0 Å². The van der Waals surface area contributed by atoms with Crippen LogP contribution in [0.5, 0.6) is 0 Å². The van der Waals surface area contributed by atoms with Crippen LogP contribution in [0.1, 0.15) is 93.9 Å². The van der Waals surface area contributed by atoms with Gasteiger partial charge < -0.3 is 19.2 Å². The highest BCUT2D eigenvalue weighted by Crippen LogP contribution is 2.11. The molecule has 0 saturated heterocycles. The molecular formula is C26H56N2O4+2. The van der Waals surface area contributed by atoms with E-state index in [1.807, 2.05) is 0 Å². The molecule has 6 heteroatoms. The molecule has 0 spiro atoms. The van der Waals surface area contributed by atoms with Gasteiger partial charge in [0.05, 0.1) is 52.4 Å². The molecule has 0 fully saturated rings. The second kappa shape index (κ2) is 22.8. The van der Waals surface area contributed by atoms with Crippen LogP contribution in [0, 0.1) is 0 Å². The second-order valence-electron chi connectivity index (χ2n) is 8.67. The SMILES string of the molecule is CCC[N+](CC)(CCC)CCC.CCC[N+](CC)(CCC)CCC.O=C(O)/C=C/C(=O)O. The largest absolute Gasteiger partial charge is 0.478 e. The number of rotatable bonds is 16. The maximum Gasteiger partial charge on any atom is 0.328 e. The van der Waals surface area contributed by atoms with Crippen molar-refractivity contribution in [3.8, 4) is 0 Å². The predicted molar refractivity (Wildman–Crippen MR) is 137 cm³/mol. The van der Waals surface area contributed by atoms with Crippen LogP contribution in [-0.4, -0.2) is 83.5 Å². The number of carboxylic acid groups (broad SMARTS) is 2. The molecule has 0 aromatic carbocycles. The number of quaternary nitrogens is 2. The van der Waals surface area contributed by atoms with E-state index in [1.165, 1.54) is 99.8 Å². The van der Waals surface area contributed by atoms with Gasteiger partial charge in [-0.25, -0.2) is 9.59 Å². The van der Waals surface area contributed by atoms with Crippen molar-refractivity contribution in [1.82, 2.24) is 0 Å². The molecule has 0 atom stereocenters. The lowest BCUT2D eigenvalue weighted by Crippen LogP contribution is -2.49. The van der Waals surface area contributed by atoms with Crippen LogP contribution in [0.2, 0.25) is 0 Å². The monoisotopic (exact) mass is 460 g/mol. The molecule has 0 radical (unpaired) electrons. The summed E-state index contributed by atoms with van der Waals surface area (Å²) in [6, 6.07) is 0. The second-order valence-corrected chi connectivity index (χ2v) is 8.67. The molecule has 0 aliphatic heterocycles. The van der Waals surface area contributed by atoms with Crippen molar-refractivity contribution in [2.45, 2.75) is 93.9 Å². The minimum Gasteiger partial charge on any atom is -0.478 e. The van der Waals surface area contributed by atoms with Gasteiger partial charge in [0, 0.05) is 12.2 Å². The summed E-state index contributed by atoms with van der Waals surface area (Å²) in [5.41, 5.74) is 0. The van der Waals surface area contributed by atoms with Crippen molar-refractivity contribution in [3.63, 3.8) is 0 Å². The van der Waals surface area contributed by atoms with Gasteiger partial charge >= 0.3 is 11.9 Å². The molecule has 32 heavy (non-hydrogen) atoms. The van der Waals surface area contributed by atoms with E-state index in [2.05, 4.69) is 55.4 Å². The first-order valence-electron chi connectivity index (χ1n) is 13.0. The number of nitrogens with zero attached hydrogens (tertiary/aromatic N) is 2. The lowest BCUT2D eigenvalue weighted by molar-refractivity contribution is -0.926. The van der Waals surface area contributed by atoms with E-state index in [1.54, 1.807) is 0 Å². The Hall–Kier alpha value is -1.40. The summed E-state index contributed by atoms with van der Waals surface area (Å²) >= 11 is 0. The van der Waals surface area contributed by atoms with Crippen LogP contribution in [0.15, 0.2) is 12.2 Å². The summed E-state index contributed by atoms with van der Waals surface area (Å²) < 4.78 is 2.70. The Labute approximate surface area is 199 Å². The summed E-state index contributed by atoms with van der Waals surface area (Å²) in [4.78, 5) is 19.1. The topological polar surface area (TPSA) is 74.6 Å². The van der Waals surface area contributed by atoms with Gasteiger partial charge in [-0.15, -0.1) is 0 Å². The number of carboxylic acids is 2. The average molecular weight is 461 g/mol. The lowest BCUT2D eigenvalue weighted by atomic mass is 10.2. The summed E-state index contributed by atoms with van der Waals surface area (Å²) in [5, 5.41) is 15.6. The third-order valence-electron chi connectivity index (χ3n) is 5.90. The van der Waals surface area contributed by atoms with Crippen molar-refractivity contribution >= 4 is 11.9 Å². The fourth-order valence-corrected chi connectivity index (χ4v) is 4.61. The molecule has 0 bridgehead atoms. The standard InChI is InChI=1S/2C11H26N.C4H4O4/c2*1-5-9-12(8-4,10-6-2)11-7-3;5-3(6)1-2-4(7)8/h2*5-11H2,1-4H3;1-2H,(H,5,6)(H,7,8)/q2*+1;/b;;2-1+. The Kier molecular flexibility index (Phi) is 25.1. The van der Waals surface area contributed by atoms with E-state index in [9.17, 15) is 9.59 Å². The smallest absolute Gasteiger partial charge is 0.328 e. The Morgan fingerprint density at radius 2 is 0.688 bits per heavy atom. The first-order chi connectivity index (χ1) is 15.1. The molecule has 192 valence electrons. The minimum atomic E-state index is -1.26. The maximum absolute atomic E-state index is 9.55. The fourth-order valence-electron chi connectivity index (χ4n) is 4.61. The number of hydrogen-bond acceptors (Lipinski definition) is 2. The molecule has 0 aromatic rings. The molecule has 0 amide bonds. The third-order valence-corrected chi connectivity index (χ3v) is 5.90. The zero-order valence-corrected chi connectivity index (χ0v) is 22.7. The van der Waals surface area contributed by atoms with Gasteiger partial charge in [0.25, 0.3) is 0 Å². The Balaban J connectivity index is -0.000000404. The molecule has 0 unspecified atom stereocenters. The molecule has 2 N–H and O–H groups in total. The van der Waals surface area contributed by atoms with Crippen molar-refractivity contribution in [2.75, 3.05) is 52.4 Å². The highest BCUT2D eigenvalue weighted by molar-refractivity contribution is 5.89. The van der Waals surface area contributed by atoms with E-state index >= 15 is 0 Å². The van der Waals surface area contributed by atoms with Crippen LogP contribution < -0.4 is 0 Å². The summed E-state index contributed by atoms with van der Waals surface area (Å²) in [5.74, 6) is -2.51. The van der Waals surface area contributed by atoms with Crippen molar-refractivity contribution in [1.29, 1.82) is 0 Å². The van der Waals surface area contributed by atoms with Gasteiger partial charge in [-0.2, -0.15) is 0 Å². The molecule has 6 nitrogen and oxygen atoms in total. The maximum atomic E-state index is 9.55. The number of aliphatic carboxylic acids is 2. The normalized spacial score (nSPS) is 11.4. The molecule has 0 aliphatic rings. The summed E-state index contributed by atoms with van der Waals surface area (Å²) in [7, 11) is 0. The predicted octanol–water partition coefficient (Wildman–Crippen LogP) is 5.82. The van der Waals surface area contributed by atoms with Crippen LogP contribution in [0.3, 0.4) is 0 Å². The molecule has 0 rings (SSSR count). The summed E-state index contributed by atoms with van der Waals surface area (Å²) in [6.07, 6.45) is 9.08.